The number of rotatable bonds is 8. The number of fused-ring (bicyclic) bond motifs is 1. The number of nitrogens with one attached hydrogen (secondary N) is 1. The number of ether oxygens (including phenoxy) is 1. The van der Waals surface area contributed by atoms with E-state index in [1.54, 1.807) is 19.1 Å². The summed E-state index contributed by atoms with van der Waals surface area (Å²) in [4.78, 5) is 25.4. The van der Waals surface area contributed by atoms with E-state index in [1.807, 2.05) is 25.1 Å². The molecule has 0 radical (unpaired) electrons. The summed E-state index contributed by atoms with van der Waals surface area (Å²) in [5.74, 6) is -0.232. The highest BCUT2D eigenvalue weighted by Gasteiger charge is 2.20. The summed E-state index contributed by atoms with van der Waals surface area (Å²) in [6.07, 6.45) is 1.68. The van der Waals surface area contributed by atoms with Gasteiger partial charge in [-0.3, -0.25) is 9.59 Å². The van der Waals surface area contributed by atoms with Crippen LogP contribution in [0.3, 0.4) is 0 Å². The normalized spacial score (nSPS) is 11.9. The molecule has 4 rings (SSSR count). The number of amides is 1. The molecule has 3 aromatic carbocycles. The van der Waals surface area contributed by atoms with Crippen LogP contribution in [0.25, 0.3) is 22.1 Å². The van der Waals surface area contributed by atoms with E-state index in [9.17, 15) is 14.0 Å². The van der Waals surface area contributed by atoms with Crippen LogP contribution in [0.5, 0.6) is 5.75 Å². The Balaban J connectivity index is 1.43. The Morgan fingerprint density at radius 2 is 1.86 bits per heavy atom. The molecule has 4 aromatic rings. The lowest BCUT2D eigenvalue weighted by molar-refractivity contribution is -0.123. The van der Waals surface area contributed by atoms with E-state index < -0.39 is 11.2 Å². The van der Waals surface area contributed by atoms with Crippen molar-refractivity contribution in [2.75, 3.05) is 6.61 Å². The molecule has 1 amide bonds. The molecule has 35 heavy (non-hydrogen) atoms. The van der Waals surface area contributed by atoms with Crippen LogP contribution in [0.4, 0.5) is 4.39 Å². The Hall–Kier alpha value is -3.64. The molecule has 0 bridgehead atoms. The highest BCUT2D eigenvalue weighted by molar-refractivity contribution is 6.33. The number of carbonyl (C=O) groups excluding carboxylic acids is 1. The molecular weight excluding hydrogens is 469 g/mol. The van der Waals surface area contributed by atoms with Gasteiger partial charge in [0, 0.05) is 17.7 Å². The number of benzene rings is 3. The standard InChI is InChI=1S/C28H25ClFNO4/c1-17(11-12-19-7-4-3-5-8-19)31-25(32)16-34-20-13-14-21-24(15-20)35-18(2)26(28(21)33)27-22(29)9-6-10-23(27)30/h3-10,13-15,17H,11-12,16H2,1-2H3,(H,31,32)/t17-/m1/s1. The number of aryl methyl sites for hydroxylation is 2. The lowest BCUT2D eigenvalue weighted by Gasteiger charge is -2.14. The smallest absolute Gasteiger partial charge is 0.258 e. The Kier molecular flexibility index (Phi) is 7.51. The molecule has 7 heteroatoms. The van der Waals surface area contributed by atoms with Crippen LogP contribution in [0.1, 0.15) is 24.7 Å². The summed E-state index contributed by atoms with van der Waals surface area (Å²) in [7, 11) is 0. The zero-order chi connectivity index (χ0) is 24.9. The predicted molar refractivity (Wildman–Crippen MR) is 135 cm³/mol. The molecule has 0 aliphatic heterocycles. The van der Waals surface area contributed by atoms with Gasteiger partial charge in [0.1, 0.15) is 22.9 Å². The van der Waals surface area contributed by atoms with Crippen molar-refractivity contribution < 1.29 is 18.3 Å². The molecular formula is C28H25ClFNO4. The fourth-order valence-corrected chi connectivity index (χ4v) is 4.22. The highest BCUT2D eigenvalue weighted by Crippen LogP contribution is 2.32. The third-order valence-electron chi connectivity index (χ3n) is 5.74. The van der Waals surface area contributed by atoms with Gasteiger partial charge in [-0.1, -0.05) is 48.0 Å². The van der Waals surface area contributed by atoms with Crippen LogP contribution in [0.2, 0.25) is 5.02 Å². The van der Waals surface area contributed by atoms with Crippen LogP contribution in [0, 0.1) is 12.7 Å². The van der Waals surface area contributed by atoms with Crippen LogP contribution < -0.4 is 15.5 Å². The van der Waals surface area contributed by atoms with E-state index in [0.717, 1.165) is 12.8 Å². The molecule has 180 valence electrons. The number of carbonyl (C=O) groups is 1. The fourth-order valence-electron chi connectivity index (χ4n) is 3.97. The molecule has 0 spiro atoms. The van der Waals surface area contributed by atoms with E-state index in [1.165, 1.54) is 29.8 Å². The highest BCUT2D eigenvalue weighted by atomic mass is 35.5. The van der Waals surface area contributed by atoms with Gasteiger partial charge in [-0.05, 0) is 56.5 Å². The zero-order valence-electron chi connectivity index (χ0n) is 19.4. The average molecular weight is 494 g/mol. The molecule has 0 saturated carbocycles. The monoisotopic (exact) mass is 493 g/mol. The third kappa shape index (κ3) is 5.72. The van der Waals surface area contributed by atoms with Gasteiger partial charge in [-0.15, -0.1) is 0 Å². The predicted octanol–water partition coefficient (Wildman–Crippen LogP) is 6.08. The van der Waals surface area contributed by atoms with Crippen LogP contribution in [0.15, 0.2) is 75.9 Å². The summed E-state index contributed by atoms with van der Waals surface area (Å²) < 4.78 is 25.9. The van der Waals surface area contributed by atoms with Crippen molar-refractivity contribution in [1.29, 1.82) is 0 Å². The Morgan fingerprint density at radius 3 is 2.60 bits per heavy atom. The molecule has 1 atom stereocenters. The first-order valence-electron chi connectivity index (χ1n) is 11.3. The molecule has 0 aliphatic rings. The van der Waals surface area contributed by atoms with Gasteiger partial charge in [0.2, 0.25) is 5.43 Å². The molecule has 0 aliphatic carbocycles. The van der Waals surface area contributed by atoms with Crippen molar-refractivity contribution >= 4 is 28.5 Å². The van der Waals surface area contributed by atoms with Gasteiger partial charge < -0.3 is 14.5 Å². The topological polar surface area (TPSA) is 68.5 Å². The second kappa shape index (κ2) is 10.7. The van der Waals surface area contributed by atoms with Crippen molar-refractivity contribution in [3.05, 3.63) is 99.1 Å². The molecule has 1 aromatic heterocycles. The van der Waals surface area contributed by atoms with Gasteiger partial charge in [0.05, 0.1) is 16.0 Å². The van der Waals surface area contributed by atoms with E-state index >= 15 is 0 Å². The first-order valence-corrected chi connectivity index (χ1v) is 11.7. The molecule has 0 unspecified atom stereocenters. The fraction of sp³-hybridized carbons (Fsp3) is 0.214. The van der Waals surface area contributed by atoms with E-state index in [2.05, 4.69) is 17.4 Å². The first-order chi connectivity index (χ1) is 16.8. The van der Waals surface area contributed by atoms with Gasteiger partial charge in [-0.25, -0.2) is 4.39 Å². The van der Waals surface area contributed by atoms with Crippen LogP contribution in [-0.2, 0) is 11.2 Å². The Morgan fingerprint density at radius 1 is 1.09 bits per heavy atom. The molecule has 5 nitrogen and oxygen atoms in total. The Labute approximate surface area is 207 Å². The molecule has 1 N–H and O–H groups in total. The lowest BCUT2D eigenvalue weighted by atomic mass is 10.0. The number of halogens is 2. The molecule has 0 saturated heterocycles. The maximum Gasteiger partial charge on any atom is 0.258 e. The zero-order valence-corrected chi connectivity index (χ0v) is 20.2. The van der Waals surface area contributed by atoms with E-state index in [4.69, 9.17) is 20.8 Å². The summed E-state index contributed by atoms with van der Waals surface area (Å²) in [6, 6.07) is 19.0. The summed E-state index contributed by atoms with van der Waals surface area (Å²) in [5, 5.41) is 3.32. The summed E-state index contributed by atoms with van der Waals surface area (Å²) in [5.41, 5.74) is 1.20. The average Bonchev–Trinajstić information content (AvgIpc) is 2.83. The molecule has 0 fully saturated rings. The van der Waals surface area contributed by atoms with Crippen molar-refractivity contribution in [2.45, 2.75) is 32.7 Å². The van der Waals surface area contributed by atoms with Crippen molar-refractivity contribution in [3.8, 4) is 16.9 Å². The van der Waals surface area contributed by atoms with Crippen LogP contribution in [-0.4, -0.2) is 18.6 Å². The maximum absolute atomic E-state index is 14.4. The lowest BCUT2D eigenvalue weighted by Crippen LogP contribution is -2.36. The summed E-state index contributed by atoms with van der Waals surface area (Å²) in [6.45, 7) is 3.36. The van der Waals surface area contributed by atoms with Gasteiger partial charge in [0.25, 0.3) is 5.91 Å². The second-order valence-corrected chi connectivity index (χ2v) is 8.81. The SMILES string of the molecule is Cc1oc2cc(OCC(=O)N[C@H](C)CCc3ccccc3)ccc2c(=O)c1-c1c(F)cccc1Cl. The minimum absolute atomic E-state index is 0.00722. The number of hydrogen-bond acceptors (Lipinski definition) is 4. The molecule has 1 heterocycles. The Bertz CT molecular complexity index is 1400. The second-order valence-electron chi connectivity index (χ2n) is 8.40. The number of hydrogen-bond donors (Lipinski definition) is 1. The minimum Gasteiger partial charge on any atom is -0.484 e. The largest absolute Gasteiger partial charge is 0.484 e. The summed E-state index contributed by atoms with van der Waals surface area (Å²) >= 11 is 6.16. The maximum atomic E-state index is 14.4. The quantitative estimate of drug-likeness (QED) is 0.323. The van der Waals surface area contributed by atoms with Crippen molar-refractivity contribution in [2.24, 2.45) is 0 Å². The third-order valence-corrected chi connectivity index (χ3v) is 6.05. The van der Waals surface area contributed by atoms with Gasteiger partial charge in [0.15, 0.2) is 6.61 Å². The van der Waals surface area contributed by atoms with E-state index in [0.29, 0.717) is 5.75 Å². The first kappa shape index (κ1) is 24.5. The van der Waals surface area contributed by atoms with Crippen molar-refractivity contribution in [1.82, 2.24) is 5.32 Å². The van der Waals surface area contributed by atoms with Crippen LogP contribution >= 0.6 is 11.6 Å². The van der Waals surface area contributed by atoms with Gasteiger partial charge in [-0.2, -0.15) is 0 Å². The van der Waals surface area contributed by atoms with Gasteiger partial charge >= 0.3 is 0 Å². The minimum atomic E-state index is -0.601. The van der Waals surface area contributed by atoms with Crippen molar-refractivity contribution in [3.63, 3.8) is 0 Å². The van der Waals surface area contributed by atoms with E-state index in [-0.39, 0.29) is 51.4 Å².